The highest BCUT2D eigenvalue weighted by atomic mass is 19.4. The van der Waals surface area contributed by atoms with Gasteiger partial charge in [0.05, 0.1) is 5.56 Å². The van der Waals surface area contributed by atoms with Crippen LogP contribution in [0.5, 0.6) is 0 Å². The Bertz CT molecular complexity index is 435. The molecule has 0 spiro atoms. The summed E-state index contributed by atoms with van der Waals surface area (Å²) in [5, 5.41) is 2.69. The molecule has 0 aliphatic heterocycles. The zero-order valence-electron chi connectivity index (χ0n) is 7.19. The number of rotatable bonds is 1. The number of alkyl halides is 3. The molecule has 15 heavy (non-hydrogen) atoms. The fourth-order valence-corrected chi connectivity index (χ4v) is 0.927. The third-order valence-corrected chi connectivity index (χ3v) is 1.57. The zero-order valence-corrected chi connectivity index (χ0v) is 7.19. The van der Waals surface area contributed by atoms with Crippen LogP contribution in [0.1, 0.15) is 15.9 Å². The summed E-state index contributed by atoms with van der Waals surface area (Å²) in [7, 11) is 0. The lowest BCUT2D eigenvalue weighted by Gasteiger charge is -2.06. The number of hydrogen-bond acceptors (Lipinski definition) is 1. The summed E-state index contributed by atoms with van der Waals surface area (Å²) < 4.78 is 36.6. The summed E-state index contributed by atoms with van der Waals surface area (Å²) >= 11 is 0. The van der Waals surface area contributed by atoms with Gasteiger partial charge in [-0.25, -0.2) is 0 Å². The predicted molar refractivity (Wildman–Crippen MR) is 44.9 cm³/mol. The van der Waals surface area contributed by atoms with Crippen LogP contribution in [0.25, 0.3) is 10.4 Å². The normalized spacial score (nSPS) is 10.6. The van der Waals surface area contributed by atoms with Crippen LogP contribution in [-0.2, 0) is 6.18 Å². The molecule has 0 aliphatic rings. The first-order valence-electron chi connectivity index (χ1n) is 3.72. The highest BCUT2D eigenvalue weighted by molar-refractivity contribution is 5.95. The number of hydrogen-bond donors (Lipinski definition) is 0. The second-order valence-corrected chi connectivity index (χ2v) is 2.57. The van der Waals surface area contributed by atoms with E-state index in [1.165, 1.54) is 0 Å². The van der Waals surface area contributed by atoms with Crippen molar-refractivity contribution in [3.05, 3.63) is 45.8 Å². The average Bonchev–Trinajstić information content (AvgIpc) is 2.17. The predicted octanol–water partition coefficient (Wildman–Crippen LogP) is 3.16. The van der Waals surface area contributed by atoms with Crippen LogP contribution >= 0.6 is 0 Å². The maximum Gasteiger partial charge on any atom is 0.416 e. The minimum atomic E-state index is -4.52. The van der Waals surface area contributed by atoms with Gasteiger partial charge >= 0.3 is 6.18 Å². The number of amides is 1. The molecule has 0 saturated heterocycles. The molecule has 4 nitrogen and oxygen atoms in total. The van der Waals surface area contributed by atoms with E-state index < -0.39 is 17.6 Å². The summed E-state index contributed by atoms with van der Waals surface area (Å²) in [6.07, 6.45) is -4.52. The number of nitrogens with zero attached hydrogens (tertiary/aromatic N) is 3. The van der Waals surface area contributed by atoms with Gasteiger partial charge in [-0.15, -0.1) is 0 Å². The maximum atomic E-state index is 12.2. The topological polar surface area (TPSA) is 65.8 Å². The third-order valence-electron chi connectivity index (χ3n) is 1.57. The molecule has 1 aromatic rings. The molecule has 1 aromatic carbocycles. The Morgan fingerprint density at radius 2 is 2.07 bits per heavy atom. The maximum absolute atomic E-state index is 12.2. The van der Waals surface area contributed by atoms with E-state index in [-0.39, 0.29) is 5.56 Å². The summed E-state index contributed by atoms with van der Waals surface area (Å²) in [5.74, 6) is -1.04. The molecule has 78 valence electrons. The van der Waals surface area contributed by atoms with Crippen LogP contribution in [0.15, 0.2) is 29.4 Å². The lowest BCUT2D eigenvalue weighted by atomic mass is 10.1. The summed E-state index contributed by atoms with van der Waals surface area (Å²) in [6, 6.07) is 3.68. The molecular weight excluding hydrogens is 211 g/mol. The Morgan fingerprint density at radius 1 is 1.40 bits per heavy atom. The minimum absolute atomic E-state index is 0.289. The van der Waals surface area contributed by atoms with E-state index in [2.05, 4.69) is 10.0 Å². The molecule has 0 unspecified atom stereocenters. The molecule has 0 aromatic heterocycles. The molecule has 0 aliphatic carbocycles. The van der Waals surface area contributed by atoms with Crippen LogP contribution in [-0.4, -0.2) is 5.91 Å². The Morgan fingerprint density at radius 3 is 2.60 bits per heavy atom. The van der Waals surface area contributed by atoms with Gasteiger partial charge < -0.3 is 0 Å². The SMILES string of the molecule is [N-]=[N+]=NC(=O)c1cccc(C(F)(F)F)c1. The first-order valence-corrected chi connectivity index (χ1v) is 3.72. The number of halogens is 3. The van der Waals surface area contributed by atoms with Gasteiger partial charge in [0.15, 0.2) is 0 Å². The smallest absolute Gasteiger partial charge is 0.287 e. The molecule has 1 amide bonds. The lowest BCUT2D eigenvalue weighted by Crippen LogP contribution is -2.06. The first-order chi connectivity index (χ1) is 6.95. The van der Waals surface area contributed by atoms with E-state index in [4.69, 9.17) is 5.53 Å². The monoisotopic (exact) mass is 215 g/mol. The molecule has 0 radical (unpaired) electrons. The molecule has 0 saturated carbocycles. The highest BCUT2D eigenvalue weighted by Crippen LogP contribution is 2.29. The van der Waals surface area contributed by atoms with E-state index in [0.717, 1.165) is 18.2 Å². The first kappa shape index (κ1) is 11.1. The molecule has 7 heteroatoms. The number of carbonyl (C=O) groups excluding carboxylic acids is 1. The van der Waals surface area contributed by atoms with Gasteiger partial charge in [-0.1, -0.05) is 12.1 Å². The standard InChI is InChI=1S/C8H4F3N3O/c9-8(10,11)6-3-1-2-5(4-6)7(15)13-14-12/h1-4H. The highest BCUT2D eigenvalue weighted by Gasteiger charge is 2.30. The van der Waals surface area contributed by atoms with Gasteiger partial charge in [0, 0.05) is 10.5 Å². The quantitative estimate of drug-likeness (QED) is 0.403. The van der Waals surface area contributed by atoms with Gasteiger partial charge in [0.1, 0.15) is 0 Å². The molecule has 0 bridgehead atoms. The third kappa shape index (κ3) is 2.72. The van der Waals surface area contributed by atoms with E-state index in [1.54, 1.807) is 0 Å². The van der Waals surface area contributed by atoms with E-state index in [1.807, 2.05) is 0 Å². The number of carbonyl (C=O) groups is 1. The van der Waals surface area contributed by atoms with E-state index in [9.17, 15) is 18.0 Å². The fraction of sp³-hybridized carbons (Fsp3) is 0.125. The van der Waals surface area contributed by atoms with Gasteiger partial charge in [0.25, 0.3) is 0 Å². The van der Waals surface area contributed by atoms with Crippen LogP contribution in [0.4, 0.5) is 13.2 Å². The minimum Gasteiger partial charge on any atom is -0.287 e. The van der Waals surface area contributed by atoms with Crippen molar-refractivity contribution in [1.82, 2.24) is 0 Å². The van der Waals surface area contributed by atoms with Crippen LogP contribution in [0.2, 0.25) is 0 Å². The molecular formula is C8H4F3N3O. The van der Waals surface area contributed by atoms with Crippen LogP contribution in [0, 0.1) is 0 Å². The zero-order chi connectivity index (χ0) is 11.5. The summed E-state index contributed by atoms with van der Waals surface area (Å²) in [5.41, 5.74) is 6.70. The Kier molecular flexibility index (Phi) is 2.96. The molecule has 0 fully saturated rings. The molecule has 0 heterocycles. The molecule has 1 rings (SSSR count). The van der Waals surface area contributed by atoms with Crippen molar-refractivity contribution < 1.29 is 18.0 Å². The van der Waals surface area contributed by atoms with Crippen molar-refractivity contribution in [2.75, 3.05) is 0 Å². The fourth-order valence-electron chi connectivity index (χ4n) is 0.927. The molecule has 0 N–H and O–H groups in total. The average molecular weight is 215 g/mol. The number of azide groups is 1. The van der Waals surface area contributed by atoms with Gasteiger partial charge in [-0.3, -0.25) is 4.79 Å². The summed E-state index contributed by atoms with van der Waals surface area (Å²) in [6.45, 7) is 0. The van der Waals surface area contributed by atoms with Crippen molar-refractivity contribution in [3.8, 4) is 0 Å². The van der Waals surface area contributed by atoms with Crippen molar-refractivity contribution in [1.29, 1.82) is 0 Å². The second-order valence-electron chi connectivity index (χ2n) is 2.57. The van der Waals surface area contributed by atoms with E-state index >= 15 is 0 Å². The number of benzene rings is 1. The Labute approximate surface area is 82.0 Å². The van der Waals surface area contributed by atoms with Gasteiger partial charge in [-0.05, 0) is 22.8 Å². The van der Waals surface area contributed by atoms with E-state index in [0.29, 0.717) is 6.07 Å². The molecule has 0 atom stereocenters. The van der Waals surface area contributed by atoms with Crippen molar-refractivity contribution in [3.63, 3.8) is 0 Å². The van der Waals surface area contributed by atoms with Crippen molar-refractivity contribution in [2.45, 2.75) is 6.18 Å². The van der Waals surface area contributed by atoms with Crippen LogP contribution in [0.3, 0.4) is 0 Å². The Hall–Kier alpha value is -2.01. The Balaban J connectivity index is 3.13. The van der Waals surface area contributed by atoms with Gasteiger partial charge in [-0.2, -0.15) is 13.2 Å². The summed E-state index contributed by atoms with van der Waals surface area (Å²) in [4.78, 5) is 13.1. The lowest BCUT2D eigenvalue weighted by molar-refractivity contribution is -0.137. The van der Waals surface area contributed by atoms with Gasteiger partial charge in [0.2, 0.25) is 5.91 Å². The van der Waals surface area contributed by atoms with Crippen LogP contribution < -0.4 is 0 Å². The van der Waals surface area contributed by atoms with Crippen molar-refractivity contribution in [2.24, 2.45) is 5.11 Å². The largest absolute Gasteiger partial charge is 0.416 e. The second kappa shape index (κ2) is 4.02. The van der Waals surface area contributed by atoms with Crippen molar-refractivity contribution >= 4 is 5.91 Å².